The van der Waals surface area contributed by atoms with Crippen LogP contribution in [0.25, 0.3) is 0 Å². The smallest absolute Gasteiger partial charge is 0.162 e. The van der Waals surface area contributed by atoms with Gasteiger partial charge in [-0.2, -0.15) is 0 Å². The average molecular weight is 306 g/mol. The van der Waals surface area contributed by atoms with Crippen molar-refractivity contribution >= 4 is 27.5 Å². The Morgan fingerprint density at radius 1 is 1.19 bits per heavy atom. The summed E-state index contributed by atoms with van der Waals surface area (Å²) in [7, 11) is 0. The van der Waals surface area contributed by atoms with Crippen LogP contribution in [-0.2, 0) is 0 Å². The zero-order chi connectivity index (χ0) is 11.7. The fourth-order valence-corrected chi connectivity index (χ4v) is 2.53. The zero-order valence-electron chi connectivity index (χ0n) is 9.30. The van der Waals surface area contributed by atoms with E-state index in [9.17, 15) is 0 Å². The molecule has 0 bridgehead atoms. The molecule has 0 aliphatic carbocycles. The van der Waals surface area contributed by atoms with Crippen molar-refractivity contribution in [1.82, 2.24) is 0 Å². The van der Waals surface area contributed by atoms with E-state index >= 15 is 0 Å². The average Bonchev–Trinajstić information content (AvgIpc) is 2.27. The van der Waals surface area contributed by atoms with Gasteiger partial charge in [0.15, 0.2) is 11.5 Å². The summed E-state index contributed by atoms with van der Waals surface area (Å²) in [5.41, 5.74) is 1.06. The molecule has 16 heavy (non-hydrogen) atoms. The highest BCUT2D eigenvalue weighted by molar-refractivity contribution is 9.10. The van der Waals surface area contributed by atoms with E-state index < -0.39 is 0 Å². The molecule has 1 unspecified atom stereocenters. The Kier molecular flexibility index (Phi) is 3.65. The van der Waals surface area contributed by atoms with E-state index in [1.807, 2.05) is 12.1 Å². The van der Waals surface area contributed by atoms with Crippen LogP contribution in [0.5, 0.6) is 11.5 Å². The first-order valence-electron chi connectivity index (χ1n) is 5.32. The van der Waals surface area contributed by atoms with Gasteiger partial charge < -0.3 is 9.47 Å². The largest absolute Gasteiger partial charge is 0.486 e. The maximum absolute atomic E-state index is 6.36. The topological polar surface area (TPSA) is 18.5 Å². The molecule has 4 heteroatoms. The van der Waals surface area contributed by atoms with Gasteiger partial charge in [-0.1, -0.05) is 29.8 Å². The van der Waals surface area contributed by atoms with E-state index in [-0.39, 0.29) is 5.38 Å². The molecule has 0 aromatic heterocycles. The molecule has 88 valence electrons. The molecule has 1 heterocycles. The number of rotatable bonds is 2. The van der Waals surface area contributed by atoms with Gasteiger partial charge >= 0.3 is 0 Å². The normalized spacial score (nSPS) is 16.3. The van der Waals surface area contributed by atoms with Gasteiger partial charge in [0.1, 0.15) is 13.2 Å². The second-order valence-electron chi connectivity index (χ2n) is 4.16. The van der Waals surface area contributed by atoms with E-state index in [0.717, 1.165) is 21.5 Å². The van der Waals surface area contributed by atoms with Gasteiger partial charge in [-0.15, -0.1) is 11.6 Å². The van der Waals surface area contributed by atoms with Crippen LogP contribution in [0, 0.1) is 5.92 Å². The van der Waals surface area contributed by atoms with Crippen LogP contribution in [0.15, 0.2) is 16.6 Å². The Hall–Kier alpha value is -0.410. The first-order valence-corrected chi connectivity index (χ1v) is 6.55. The first-order chi connectivity index (χ1) is 7.59. The van der Waals surface area contributed by atoms with Crippen LogP contribution >= 0.6 is 27.5 Å². The van der Waals surface area contributed by atoms with Gasteiger partial charge in [0.25, 0.3) is 0 Å². The van der Waals surface area contributed by atoms with Crippen LogP contribution in [0.4, 0.5) is 0 Å². The summed E-state index contributed by atoms with van der Waals surface area (Å²) >= 11 is 9.89. The summed E-state index contributed by atoms with van der Waals surface area (Å²) in [6.45, 7) is 5.40. The van der Waals surface area contributed by atoms with Crippen LogP contribution in [-0.4, -0.2) is 13.2 Å². The van der Waals surface area contributed by atoms with E-state index in [4.69, 9.17) is 21.1 Å². The monoisotopic (exact) mass is 304 g/mol. The Morgan fingerprint density at radius 2 is 1.75 bits per heavy atom. The van der Waals surface area contributed by atoms with Crippen molar-refractivity contribution in [2.75, 3.05) is 13.2 Å². The molecule has 0 radical (unpaired) electrons. The highest BCUT2D eigenvalue weighted by Crippen LogP contribution is 2.41. The number of hydrogen-bond acceptors (Lipinski definition) is 2. The maximum atomic E-state index is 6.36. The summed E-state index contributed by atoms with van der Waals surface area (Å²) in [6.07, 6.45) is 0. The van der Waals surface area contributed by atoms with Gasteiger partial charge in [0.2, 0.25) is 0 Å². The third-order valence-corrected chi connectivity index (χ3v) is 3.97. The molecular weight excluding hydrogens is 291 g/mol. The Balaban J connectivity index is 2.39. The van der Waals surface area contributed by atoms with Crippen LogP contribution in [0.1, 0.15) is 24.8 Å². The zero-order valence-corrected chi connectivity index (χ0v) is 11.6. The van der Waals surface area contributed by atoms with E-state index in [2.05, 4.69) is 29.8 Å². The fraction of sp³-hybridized carbons (Fsp3) is 0.500. The van der Waals surface area contributed by atoms with Crippen molar-refractivity contribution in [2.45, 2.75) is 19.2 Å². The lowest BCUT2D eigenvalue weighted by Crippen LogP contribution is -2.16. The van der Waals surface area contributed by atoms with Crippen LogP contribution in [0.2, 0.25) is 0 Å². The van der Waals surface area contributed by atoms with Crippen molar-refractivity contribution in [3.05, 3.63) is 22.2 Å². The second-order valence-corrected chi connectivity index (χ2v) is 5.49. The minimum Gasteiger partial charge on any atom is -0.486 e. The molecule has 1 atom stereocenters. The number of fused-ring (bicyclic) bond motifs is 1. The van der Waals surface area contributed by atoms with Crippen molar-refractivity contribution in [3.63, 3.8) is 0 Å². The summed E-state index contributed by atoms with van der Waals surface area (Å²) in [4.78, 5) is 0. The Labute approximate surface area is 109 Å². The van der Waals surface area contributed by atoms with E-state index in [1.54, 1.807) is 0 Å². The molecule has 0 saturated carbocycles. The minimum atomic E-state index is -0.0230. The van der Waals surface area contributed by atoms with Gasteiger partial charge in [-0.25, -0.2) is 0 Å². The van der Waals surface area contributed by atoms with Crippen LogP contribution < -0.4 is 9.47 Å². The molecule has 0 N–H and O–H groups in total. The van der Waals surface area contributed by atoms with Crippen molar-refractivity contribution < 1.29 is 9.47 Å². The van der Waals surface area contributed by atoms with Gasteiger partial charge in [0.05, 0.1) is 5.38 Å². The maximum Gasteiger partial charge on any atom is 0.162 e. The lowest BCUT2D eigenvalue weighted by Gasteiger charge is -2.22. The van der Waals surface area contributed by atoms with Gasteiger partial charge in [-0.3, -0.25) is 0 Å². The standard InChI is InChI=1S/C12H14BrClO2/c1-7(2)12(14)8-5-10-11(6-9(8)13)16-4-3-15-10/h5-7,12H,3-4H2,1-2H3. The van der Waals surface area contributed by atoms with Crippen molar-refractivity contribution in [1.29, 1.82) is 0 Å². The first kappa shape index (κ1) is 12.1. The molecule has 1 aliphatic heterocycles. The van der Waals surface area contributed by atoms with E-state index in [0.29, 0.717) is 19.1 Å². The number of alkyl halides is 1. The third kappa shape index (κ3) is 2.30. The molecule has 0 saturated heterocycles. The summed E-state index contributed by atoms with van der Waals surface area (Å²) < 4.78 is 12.0. The number of halogens is 2. The number of ether oxygens (including phenoxy) is 2. The quantitative estimate of drug-likeness (QED) is 0.764. The molecular formula is C12H14BrClO2. The number of benzene rings is 1. The molecule has 0 spiro atoms. The van der Waals surface area contributed by atoms with E-state index in [1.165, 1.54) is 0 Å². The summed E-state index contributed by atoms with van der Waals surface area (Å²) in [6, 6.07) is 3.90. The van der Waals surface area contributed by atoms with Crippen molar-refractivity contribution in [3.8, 4) is 11.5 Å². The molecule has 1 aromatic rings. The molecule has 1 aromatic carbocycles. The van der Waals surface area contributed by atoms with Crippen molar-refractivity contribution in [2.24, 2.45) is 5.92 Å². The summed E-state index contributed by atoms with van der Waals surface area (Å²) in [5.74, 6) is 1.95. The van der Waals surface area contributed by atoms with Gasteiger partial charge in [-0.05, 0) is 23.6 Å². The van der Waals surface area contributed by atoms with Crippen LogP contribution in [0.3, 0.4) is 0 Å². The third-order valence-electron chi connectivity index (χ3n) is 2.54. The Morgan fingerprint density at radius 3 is 2.31 bits per heavy atom. The molecule has 2 rings (SSSR count). The predicted octanol–water partition coefficient (Wildman–Crippen LogP) is 4.16. The lowest BCUT2D eigenvalue weighted by molar-refractivity contribution is 0.171. The fourth-order valence-electron chi connectivity index (χ4n) is 1.65. The molecule has 1 aliphatic rings. The van der Waals surface area contributed by atoms with Gasteiger partial charge in [0, 0.05) is 4.47 Å². The second kappa shape index (κ2) is 4.84. The minimum absolute atomic E-state index is 0.0230. The molecule has 0 fully saturated rings. The SMILES string of the molecule is CC(C)C(Cl)c1cc2c(cc1Br)OCCO2. The summed E-state index contributed by atoms with van der Waals surface area (Å²) in [5, 5.41) is -0.0230. The predicted molar refractivity (Wildman–Crippen MR) is 68.6 cm³/mol. The number of hydrogen-bond donors (Lipinski definition) is 0. The Bertz CT molecular complexity index is 393. The molecule has 0 amide bonds. The highest BCUT2D eigenvalue weighted by atomic mass is 79.9. The molecule has 2 nitrogen and oxygen atoms in total. The lowest BCUT2D eigenvalue weighted by atomic mass is 10.0. The highest BCUT2D eigenvalue weighted by Gasteiger charge is 2.20.